The number of hydrogen-bond donors (Lipinski definition) is 1. The molecule has 26 heavy (non-hydrogen) atoms. The highest BCUT2D eigenvalue weighted by molar-refractivity contribution is 7.91. The quantitative estimate of drug-likeness (QED) is 0.829. The van der Waals surface area contributed by atoms with Gasteiger partial charge in [-0.2, -0.15) is 0 Å². The summed E-state index contributed by atoms with van der Waals surface area (Å²) < 4.78 is 24.9. The minimum Gasteiger partial charge on any atom is -0.348 e. The molecule has 2 aliphatic heterocycles. The van der Waals surface area contributed by atoms with Crippen LogP contribution in [0.5, 0.6) is 0 Å². The smallest absolute Gasteiger partial charge is 0.262 e. The number of carbonyl (C=O) groups excluding carboxylic acids is 1. The standard InChI is InChI=1S/C17H21N3O4S2/c1-10-13-16(19-12-5-3-2-4-7-20(12)17(13)22)25-14(10)15(21)18-11-6-8-26(23,24)9-11/h11H,2-9H2,1H3,(H,18,21). The van der Waals surface area contributed by atoms with Crippen LogP contribution >= 0.6 is 11.3 Å². The molecule has 4 heterocycles. The Balaban J connectivity index is 1.71. The molecular formula is C17H21N3O4S2. The summed E-state index contributed by atoms with van der Waals surface area (Å²) in [6.45, 7) is 2.44. The van der Waals surface area contributed by atoms with Gasteiger partial charge in [0.25, 0.3) is 11.5 Å². The first-order valence-corrected chi connectivity index (χ1v) is 11.5. The summed E-state index contributed by atoms with van der Waals surface area (Å²) in [5.41, 5.74) is 0.573. The first-order valence-electron chi connectivity index (χ1n) is 8.90. The molecule has 0 saturated carbocycles. The summed E-state index contributed by atoms with van der Waals surface area (Å²) in [6, 6.07) is -0.358. The Hall–Kier alpha value is -1.74. The summed E-state index contributed by atoms with van der Waals surface area (Å²) in [5.74, 6) is 0.582. The third-order valence-electron chi connectivity index (χ3n) is 5.19. The van der Waals surface area contributed by atoms with Crippen LogP contribution in [0, 0.1) is 6.92 Å². The number of sulfone groups is 1. The van der Waals surface area contributed by atoms with Crippen molar-refractivity contribution in [1.29, 1.82) is 0 Å². The number of nitrogens with zero attached hydrogens (tertiary/aromatic N) is 2. The van der Waals surface area contributed by atoms with E-state index in [0.717, 1.165) is 31.5 Å². The van der Waals surface area contributed by atoms with Crippen LogP contribution < -0.4 is 10.9 Å². The van der Waals surface area contributed by atoms with Crippen molar-refractivity contribution in [3.8, 4) is 0 Å². The van der Waals surface area contributed by atoms with Gasteiger partial charge in [-0.05, 0) is 31.7 Å². The van der Waals surface area contributed by atoms with Gasteiger partial charge in [-0.15, -0.1) is 11.3 Å². The molecule has 1 N–H and O–H groups in total. The number of carbonyl (C=O) groups is 1. The van der Waals surface area contributed by atoms with Gasteiger partial charge in [0.2, 0.25) is 0 Å². The first-order chi connectivity index (χ1) is 12.4. The number of thiophene rings is 1. The van der Waals surface area contributed by atoms with Crippen molar-refractivity contribution in [3.63, 3.8) is 0 Å². The summed E-state index contributed by atoms with van der Waals surface area (Å²) in [4.78, 5) is 31.3. The van der Waals surface area contributed by atoms with E-state index < -0.39 is 9.84 Å². The Morgan fingerprint density at radius 3 is 2.85 bits per heavy atom. The lowest BCUT2D eigenvalue weighted by Gasteiger charge is -2.10. The topological polar surface area (TPSA) is 98.1 Å². The predicted molar refractivity (Wildman–Crippen MR) is 101 cm³/mol. The number of nitrogens with one attached hydrogen (secondary N) is 1. The van der Waals surface area contributed by atoms with E-state index in [1.54, 1.807) is 11.5 Å². The van der Waals surface area contributed by atoms with Crippen LogP contribution in [0.15, 0.2) is 4.79 Å². The lowest BCUT2D eigenvalue weighted by molar-refractivity contribution is 0.0945. The van der Waals surface area contributed by atoms with Crippen molar-refractivity contribution in [2.24, 2.45) is 0 Å². The summed E-state index contributed by atoms with van der Waals surface area (Å²) in [6.07, 6.45) is 4.29. The predicted octanol–water partition coefficient (Wildman–Crippen LogP) is 1.41. The van der Waals surface area contributed by atoms with Crippen LogP contribution in [0.1, 0.15) is 46.7 Å². The normalized spacial score (nSPS) is 22.1. The molecule has 2 aliphatic rings. The summed E-state index contributed by atoms with van der Waals surface area (Å²) in [7, 11) is -3.06. The van der Waals surface area contributed by atoms with Gasteiger partial charge in [0, 0.05) is 19.0 Å². The second-order valence-corrected chi connectivity index (χ2v) is 10.3. The highest BCUT2D eigenvalue weighted by Gasteiger charge is 2.30. The highest BCUT2D eigenvalue weighted by atomic mass is 32.2. The molecule has 0 radical (unpaired) electrons. The van der Waals surface area contributed by atoms with Crippen molar-refractivity contribution < 1.29 is 13.2 Å². The van der Waals surface area contributed by atoms with Gasteiger partial charge < -0.3 is 5.32 Å². The highest BCUT2D eigenvalue weighted by Crippen LogP contribution is 2.28. The van der Waals surface area contributed by atoms with E-state index >= 15 is 0 Å². The number of hydrogen-bond acceptors (Lipinski definition) is 6. The minimum atomic E-state index is -3.06. The monoisotopic (exact) mass is 395 g/mol. The third-order valence-corrected chi connectivity index (χ3v) is 8.14. The van der Waals surface area contributed by atoms with Crippen LogP contribution in [0.2, 0.25) is 0 Å². The van der Waals surface area contributed by atoms with Crippen LogP contribution in [-0.2, 0) is 22.8 Å². The lowest BCUT2D eigenvalue weighted by Crippen LogP contribution is -2.35. The van der Waals surface area contributed by atoms with E-state index in [-0.39, 0.29) is 29.0 Å². The number of fused-ring (bicyclic) bond motifs is 2. The fourth-order valence-corrected chi connectivity index (χ4v) is 6.55. The van der Waals surface area contributed by atoms with Gasteiger partial charge in [0.15, 0.2) is 9.84 Å². The van der Waals surface area contributed by atoms with Gasteiger partial charge in [-0.1, -0.05) is 6.42 Å². The maximum absolute atomic E-state index is 12.9. The second-order valence-electron chi connectivity index (χ2n) is 7.11. The molecule has 1 amide bonds. The molecular weight excluding hydrogens is 374 g/mol. The van der Waals surface area contributed by atoms with Crippen molar-refractivity contribution in [3.05, 3.63) is 26.6 Å². The van der Waals surface area contributed by atoms with Crippen LogP contribution in [-0.4, -0.2) is 41.4 Å². The Kier molecular flexibility index (Phi) is 4.38. The second kappa shape index (κ2) is 6.45. The molecule has 2 aromatic heterocycles. The molecule has 1 unspecified atom stereocenters. The molecule has 1 fully saturated rings. The maximum Gasteiger partial charge on any atom is 0.262 e. The van der Waals surface area contributed by atoms with Gasteiger partial charge in [-0.25, -0.2) is 13.4 Å². The van der Waals surface area contributed by atoms with E-state index in [1.807, 2.05) is 0 Å². The largest absolute Gasteiger partial charge is 0.348 e. The average Bonchev–Trinajstić information content (AvgIpc) is 2.97. The molecule has 0 spiro atoms. The van der Waals surface area contributed by atoms with Crippen molar-refractivity contribution >= 4 is 37.3 Å². The lowest BCUT2D eigenvalue weighted by atomic mass is 10.2. The van der Waals surface area contributed by atoms with E-state index in [2.05, 4.69) is 10.3 Å². The van der Waals surface area contributed by atoms with Crippen LogP contribution in [0.4, 0.5) is 0 Å². The third kappa shape index (κ3) is 3.07. The molecule has 140 valence electrons. The van der Waals surface area contributed by atoms with Gasteiger partial charge in [-0.3, -0.25) is 14.2 Å². The maximum atomic E-state index is 12.9. The Labute approximate surface area is 155 Å². The van der Waals surface area contributed by atoms with Crippen molar-refractivity contribution in [2.45, 2.75) is 51.6 Å². The summed E-state index contributed by atoms with van der Waals surface area (Å²) >= 11 is 1.22. The van der Waals surface area contributed by atoms with E-state index in [4.69, 9.17) is 0 Å². The first kappa shape index (κ1) is 17.7. The molecule has 0 bridgehead atoms. The molecule has 2 aromatic rings. The van der Waals surface area contributed by atoms with E-state index in [0.29, 0.717) is 33.6 Å². The molecule has 7 nitrogen and oxygen atoms in total. The number of aryl methyl sites for hydroxylation is 2. The fourth-order valence-electron chi connectivity index (χ4n) is 3.79. The zero-order valence-corrected chi connectivity index (χ0v) is 16.2. The van der Waals surface area contributed by atoms with Crippen LogP contribution in [0.3, 0.4) is 0 Å². The summed E-state index contributed by atoms with van der Waals surface area (Å²) in [5, 5.41) is 3.33. The van der Waals surface area contributed by atoms with Gasteiger partial charge in [0.1, 0.15) is 10.7 Å². The Morgan fingerprint density at radius 2 is 2.12 bits per heavy atom. The average molecular weight is 396 g/mol. The molecule has 9 heteroatoms. The molecule has 0 aliphatic carbocycles. The number of rotatable bonds is 2. The number of aromatic nitrogens is 2. The van der Waals surface area contributed by atoms with Gasteiger partial charge in [0.05, 0.1) is 21.8 Å². The zero-order chi connectivity index (χ0) is 18.5. The fraction of sp³-hybridized carbons (Fsp3) is 0.588. The number of amides is 1. The molecule has 1 saturated heterocycles. The minimum absolute atomic E-state index is 0.0160. The molecule has 4 rings (SSSR count). The van der Waals surface area contributed by atoms with Crippen molar-refractivity contribution in [1.82, 2.24) is 14.9 Å². The van der Waals surface area contributed by atoms with E-state index in [1.165, 1.54) is 11.3 Å². The van der Waals surface area contributed by atoms with E-state index in [9.17, 15) is 18.0 Å². The zero-order valence-electron chi connectivity index (χ0n) is 14.6. The molecule has 1 atom stereocenters. The molecule has 0 aromatic carbocycles. The Bertz CT molecular complexity index is 1050. The Morgan fingerprint density at radius 1 is 1.31 bits per heavy atom. The van der Waals surface area contributed by atoms with Crippen molar-refractivity contribution in [2.75, 3.05) is 11.5 Å². The van der Waals surface area contributed by atoms with Crippen LogP contribution in [0.25, 0.3) is 10.2 Å². The van der Waals surface area contributed by atoms with Gasteiger partial charge >= 0.3 is 0 Å². The SMILES string of the molecule is Cc1c(C(=O)NC2CCS(=O)(=O)C2)sc2nc3n(c(=O)c12)CCCCC3.